The summed E-state index contributed by atoms with van der Waals surface area (Å²) in [5.41, 5.74) is 5.32. The molecule has 0 spiro atoms. The first kappa shape index (κ1) is 19.8. The van der Waals surface area contributed by atoms with Gasteiger partial charge in [0.05, 0.1) is 7.11 Å². The molecule has 0 aliphatic rings. The number of rotatable bonds is 5. The van der Waals surface area contributed by atoms with Gasteiger partial charge in [-0.1, -0.05) is 13.8 Å². The number of anilines is 1. The van der Waals surface area contributed by atoms with E-state index in [0.717, 1.165) is 0 Å². The van der Waals surface area contributed by atoms with Crippen molar-refractivity contribution in [1.82, 2.24) is 0 Å². The smallest absolute Gasteiger partial charge is 0.412 e. The molecule has 1 amide bonds. The van der Waals surface area contributed by atoms with Crippen molar-refractivity contribution in [3.63, 3.8) is 0 Å². The van der Waals surface area contributed by atoms with Crippen LogP contribution in [0.5, 0.6) is 5.75 Å². The highest BCUT2D eigenvalue weighted by molar-refractivity contribution is 5.85. The van der Waals surface area contributed by atoms with E-state index in [2.05, 4.69) is 5.32 Å². The lowest BCUT2D eigenvalue weighted by atomic mass is 9.77. The Labute approximate surface area is 142 Å². The number of hydrogen-bond donors (Lipinski definition) is 3. The number of carbonyl (C=O) groups is 2. The fraction of sp³-hybridized carbons (Fsp3) is 0.529. The number of aliphatic carboxylic acids is 1. The largest absolute Gasteiger partial charge is 0.496 e. The maximum Gasteiger partial charge on any atom is 0.412 e. The molecule has 24 heavy (non-hydrogen) atoms. The third kappa shape index (κ3) is 4.86. The second-order valence-corrected chi connectivity index (χ2v) is 7.08. The molecule has 1 aromatic rings. The first-order chi connectivity index (χ1) is 10.9. The Hall–Kier alpha value is -2.28. The lowest BCUT2D eigenvalue weighted by Gasteiger charge is -2.31. The predicted molar refractivity (Wildman–Crippen MR) is 91.5 cm³/mol. The van der Waals surface area contributed by atoms with Crippen LogP contribution in [-0.4, -0.2) is 35.9 Å². The highest BCUT2D eigenvalue weighted by Crippen LogP contribution is 2.36. The summed E-state index contributed by atoms with van der Waals surface area (Å²) >= 11 is 0. The van der Waals surface area contributed by atoms with Crippen molar-refractivity contribution in [2.45, 2.75) is 51.7 Å². The average molecular weight is 338 g/mol. The van der Waals surface area contributed by atoms with E-state index in [-0.39, 0.29) is 0 Å². The Kier molecular flexibility index (Phi) is 5.84. The van der Waals surface area contributed by atoms with Crippen molar-refractivity contribution < 1.29 is 24.2 Å². The molecule has 0 heterocycles. The number of nitrogens with one attached hydrogen (secondary N) is 1. The number of benzene rings is 1. The fourth-order valence-corrected chi connectivity index (χ4v) is 2.19. The summed E-state index contributed by atoms with van der Waals surface area (Å²) in [6, 6.07) is 3.81. The first-order valence-electron chi connectivity index (χ1n) is 7.55. The second-order valence-electron chi connectivity index (χ2n) is 7.08. The van der Waals surface area contributed by atoms with Crippen LogP contribution in [0.1, 0.15) is 40.2 Å². The van der Waals surface area contributed by atoms with Crippen LogP contribution in [-0.2, 0) is 14.9 Å². The maximum absolute atomic E-state index is 11.9. The van der Waals surface area contributed by atoms with Crippen molar-refractivity contribution in [2.75, 3.05) is 12.4 Å². The van der Waals surface area contributed by atoms with Crippen LogP contribution in [0.3, 0.4) is 0 Å². The lowest BCUT2D eigenvalue weighted by molar-refractivity contribution is -0.140. The highest BCUT2D eigenvalue weighted by Gasteiger charge is 2.36. The van der Waals surface area contributed by atoms with Gasteiger partial charge in [0, 0.05) is 16.7 Å². The summed E-state index contributed by atoms with van der Waals surface area (Å²) in [4.78, 5) is 23.2. The number of carbonyl (C=O) groups excluding carboxylic acids is 1. The fourth-order valence-electron chi connectivity index (χ4n) is 2.19. The molecule has 0 saturated carbocycles. The van der Waals surface area contributed by atoms with Gasteiger partial charge in [0.25, 0.3) is 0 Å². The van der Waals surface area contributed by atoms with Crippen LogP contribution in [0.2, 0.25) is 0 Å². The van der Waals surface area contributed by atoms with Crippen molar-refractivity contribution in [3.8, 4) is 5.75 Å². The number of amides is 1. The number of carboxylic acids is 1. The standard InChI is InChI=1S/C17H26N2O5/c1-16(2,3)24-15(22)19-10-7-8-12(23-6)11(9-10)17(4,5)13(18)14(20)21/h7-9,13H,18H2,1-6H3,(H,19,22)(H,20,21). The van der Waals surface area contributed by atoms with Gasteiger partial charge in [-0.05, 0) is 39.0 Å². The van der Waals surface area contributed by atoms with Gasteiger partial charge in [-0.25, -0.2) is 4.79 Å². The number of nitrogens with two attached hydrogens (primary N) is 1. The van der Waals surface area contributed by atoms with Gasteiger partial charge in [0.1, 0.15) is 17.4 Å². The molecular weight excluding hydrogens is 312 g/mol. The zero-order chi connectivity index (χ0) is 18.7. The summed E-state index contributed by atoms with van der Waals surface area (Å²) in [5, 5.41) is 11.9. The molecule has 0 aromatic heterocycles. The molecule has 0 aliphatic carbocycles. The second kappa shape index (κ2) is 7.09. The van der Waals surface area contributed by atoms with Gasteiger partial charge in [-0.15, -0.1) is 0 Å². The highest BCUT2D eigenvalue weighted by atomic mass is 16.6. The molecule has 0 saturated heterocycles. The van der Waals surface area contributed by atoms with E-state index in [1.165, 1.54) is 7.11 Å². The Morgan fingerprint density at radius 3 is 2.25 bits per heavy atom. The summed E-state index contributed by atoms with van der Waals surface area (Å²) in [6.45, 7) is 8.71. The molecule has 1 aromatic carbocycles. The normalized spacial score (nSPS) is 13.1. The van der Waals surface area contributed by atoms with E-state index >= 15 is 0 Å². The van der Waals surface area contributed by atoms with Gasteiger partial charge in [-0.3, -0.25) is 10.1 Å². The molecule has 0 bridgehead atoms. The van der Waals surface area contributed by atoms with Crippen LogP contribution in [0.4, 0.5) is 10.5 Å². The lowest BCUT2D eigenvalue weighted by Crippen LogP contribution is -2.47. The number of hydrogen-bond acceptors (Lipinski definition) is 5. The van der Waals surface area contributed by atoms with Gasteiger partial charge < -0.3 is 20.3 Å². The molecule has 0 fully saturated rings. The topological polar surface area (TPSA) is 111 Å². The molecule has 1 atom stereocenters. The van der Waals surface area contributed by atoms with Crippen LogP contribution in [0.25, 0.3) is 0 Å². The molecule has 7 nitrogen and oxygen atoms in total. The third-order valence-corrected chi connectivity index (χ3v) is 3.58. The minimum Gasteiger partial charge on any atom is -0.496 e. The van der Waals surface area contributed by atoms with Crippen molar-refractivity contribution in [3.05, 3.63) is 23.8 Å². The average Bonchev–Trinajstić information content (AvgIpc) is 2.44. The predicted octanol–water partition coefficient (Wildman–Crippen LogP) is 2.73. The molecular formula is C17H26N2O5. The van der Waals surface area contributed by atoms with E-state index in [1.807, 2.05) is 0 Å². The molecule has 0 radical (unpaired) electrons. The minimum atomic E-state index is -1.14. The van der Waals surface area contributed by atoms with Gasteiger partial charge in [-0.2, -0.15) is 0 Å². The zero-order valence-electron chi connectivity index (χ0n) is 15.0. The number of ether oxygens (including phenoxy) is 2. The molecule has 0 aliphatic heterocycles. The van der Waals surface area contributed by atoms with Gasteiger partial charge in [0.15, 0.2) is 0 Å². The van der Waals surface area contributed by atoms with E-state index in [0.29, 0.717) is 17.0 Å². The third-order valence-electron chi connectivity index (χ3n) is 3.58. The zero-order valence-corrected chi connectivity index (χ0v) is 15.0. The van der Waals surface area contributed by atoms with E-state index in [1.54, 1.807) is 52.8 Å². The Morgan fingerprint density at radius 1 is 1.21 bits per heavy atom. The Bertz CT molecular complexity index is 620. The first-order valence-corrected chi connectivity index (χ1v) is 7.55. The van der Waals surface area contributed by atoms with E-state index in [9.17, 15) is 14.7 Å². The SMILES string of the molecule is COc1ccc(NC(=O)OC(C)(C)C)cc1C(C)(C)C(N)C(=O)O. The quantitative estimate of drug-likeness (QED) is 0.761. The van der Waals surface area contributed by atoms with Crippen LogP contribution in [0, 0.1) is 0 Å². The van der Waals surface area contributed by atoms with Crippen molar-refractivity contribution >= 4 is 17.7 Å². The molecule has 7 heteroatoms. The monoisotopic (exact) mass is 338 g/mol. The Morgan fingerprint density at radius 2 is 1.79 bits per heavy atom. The molecule has 1 rings (SSSR count). The molecule has 134 valence electrons. The summed E-state index contributed by atoms with van der Waals surface area (Å²) < 4.78 is 10.5. The van der Waals surface area contributed by atoms with Crippen LogP contribution < -0.4 is 15.8 Å². The van der Waals surface area contributed by atoms with Crippen molar-refractivity contribution in [1.29, 1.82) is 0 Å². The van der Waals surface area contributed by atoms with Crippen LogP contribution >= 0.6 is 0 Å². The summed E-state index contributed by atoms with van der Waals surface area (Å²) in [6.07, 6.45) is -0.598. The number of methoxy groups -OCH3 is 1. The van der Waals surface area contributed by atoms with E-state index in [4.69, 9.17) is 15.2 Å². The van der Waals surface area contributed by atoms with Gasteiger partial charge >= 0.3 is 12.1 Å². The van der Waals surface area contributed by atoms with Crippen molar-refractivity contribution in [2.24, 2.45) is 5.73 Å². The molecule has 1 unspecified atom stereocenters. The maximum atomic E-state index is 11.9. The van der Waals surface area contributed by atoms with E-state index < -0.39 is 29.1 Å². The Balaban J connectivity index is 3.17. The molecule has 4 N–H and O–H groups in total. The summed E-state index contributed by atoms with van der Waals surface area (Å²) in [7, 11) is 1.49. The number of carboxylic acid groups (broad SMARTS) is 1. The van der Waals surface area contributed by atoms with Gasteiger partial charge in [0.2, 0.25) is 0 Å². The minimum absolute atomic E-state index is 0.464. The summed E-state index contributed by atoms with van der Waals surface area (Å²) in [5.74, 6) is -0.626. The van der Waals surface area contributed by atoms with Crippen LogP contribution in [0.15, 0.2) is 18.2 Å².